The van der Waals surface area contributed by atoms with Gasteiger partial charge in [-0.15, -0.1) is 0 Å². The average molecular weight is 178 g/mol. The van der Waals surface area contributed by atoms with Crippen molar-refractivity contribution in [2.45, 2.75) is 31.9 Å². The first-order valence-corrected chi connectivity index (χ1v) is 4.59. The molecule has 1 fully saturated rings. The van der Waals surface area contributed by atoms with Gasteiger partial charge < -0.3 is 10.5 Å². The molecule has 1 aromatic rings. The predicted molar refractivity (Wildman–Crippen MR) is 50.6 cm³/mol. The summed E-state index contributed by atoms with van der Waals surface area (Å²) in [6.45, 7) is 1.96. The molecule has 3 heteroatoms. The van der Waals surface area contributed by atoms with Crippen LogP contribution in [-0.2, 0) is 0 Å². The second-order valence-corrected chi connectivity index (χ2v) is 3.61. The fraction of sp³-hybridized carbons (Fsp3) is 0.500. The molecule has 2 N–H and O–H groups in total. The number of hydrogen-bond donors (Lipinski definition) is 1. The number of nitrogens with two attached hydrogens (primary N) is 1. The number of aromatic nitrogens is 1. The third-order valence-corrected chi connectivity index (χ3v) is 2.32. The van der Waals surface area contributed by atoms with Crippen molar-refractivity contribution in [3.8, 4) is 5.75 Å². The summed E-state index contributed by atoms with van der Waals surface area (Å²) in [5.74, 6) is 0.850. The van der Waals surface area contributed by atoms with Crippen LogP contribution >= 0.6 is 0 Å². The summed E-state index contributed by atoms with van der Waals surface area (Å²) in [7, 11) is 0. The van der Waals surface area contributed by atoms with Crippen LogP contribution in [0.15, 0.2) is 18.3 Å². The maximum Gasteiger partial charge on any atom is 0.138 e. The molecule has 1 aromatic heterocycles. The number of hydrogen-bond acceptors (Lipinski definition) is 3. The lowest BCUT2D eigenvalue weighted by Crippen LogP contribution is -2.43. The van der Waals surface area contributed by atoms with Crippen molar-refractivity contribution < 1.29 is 4.74 Å². The first-order valence-electron chi connectivity index (χ1n) is 4.59. The van der Waals surface area contributed by atoms with E-state index in [0.717, 1.165) is 24.3 Å². The summed E-state index contributed by atoms with van der Waals surface area (Å²) in [4.78, 5) is 4.15. The standard InChI is InChI=1S/C10H14N2O/c1-7-2-3-9(6-12-7)13-10-4-8(11)5-10/h2-3,6,8,10H,4-5,11H2,1H3. The van der Waals surface area contributed by atoms with E-state index in [2.05, 4.69) is 4.98 Å². The Morgan fingerprint density at radius 3 is 2.77 bits per heavy atom. The van der Waals surface area contributed by atoms with Gasteiger partial charge in [0.1, 0.15) is 11.9 Å². The SMILES string of the molecule is Cc1ccc(OC2CC(N)C2)cn1. The van der Waals surface area contributed by atoms with Crippen LogP contribution < -0.4 is 10.5 Å². The molecule has 1 aliphatic rings. The van der Waals surface area contributed by atoms with E-state index in [1.807, 2.05) is 19.1 Å². The second-order valence-electron chi connectivity index (χ2n) is 3.61. The van der Waals surface area contributed by atoms with Gasteiger partial charge in [0.2, 0.25) is 0 Å². The van der Waals surface area contributed by atoms with Gasteiger partial charge in [0, 0.05) is 11.7 Å². The Bertz CT molecular complexity index is 277. The number of aryl methyl sites for hydroxylation is 1. The normalized spacial score (nSPS) is 26.6. The molecule has 2 rings (SSSR count). The van der Waals surface area contributed by atoms with Crippen LogP contribution in [-0.4, -0.2) is 17.1 Å². The molecular weight excluding hydrogens is 164 g/mol. The molecule has 1 aliphatic carbocycles. The van der Waals surface area contributed by atoms with Gasteiger partial charge >= 0.3 is 0 Å². The molecule has 0 atom stereocenters. The lowest BCUT2D eigenvalue weighted by Gasteiger charge is -2.32. The van der Waals surface area contributed by atoms with Crippen molar-refractivity contribution in [1.29, 1.82) is 0 Å². The van der Waals surface area contributed by atoms with Gasteiger partial charge in [-0.05, 0) is 31.9 Å². The summed E-state index contributed by atoms with van der Waals surface area (Å²) in [5.41, 5.74) is 6.66. The van der Waals surface area contributed by atoms with E-state index in [1.165, 1.54) is 0 Å². The molecule has 0 aromatic carbocycles. The zero-order chi connectivity index (χ0) is 9.26. The van der Waals surface area contributed by atoms with Gasteiger partial charge in [-0.3, -0.25) is 4.98 Å². The van der Waals surface area contributed by atoms with E-state index >= 15 is 0 Å². The quantitative estimate of drug-likeness (QED) is 0.741. The third kappa shape index (κ3) is 1.98. The largest absolute Gasteiger partial charge is 0.489 e. The number of pyridine rings is 1. The fourth-order valence-corrected chi connectivity index (χ4v) is 1.42. The highest BCUT2D eigenvalue weighted by Crippen LogP contribution is 2.23. The van der Waals surface area contributed by atoms with Gasteiger partial charge in [0.15, 0.2) is 0 Å². The van der Waals surface area contributed by atoms with Crippen molar-refractivity contribution >= 4 is 0 Å². The van der Waals surface area contributed by atoms with Gasteiger partial charge in [-0.2, -0.15) is 0 Å². The second kappa shape index (κ2) is 3.34. The van der Waals surface area contributed by atoms with Gasteiger partial charge in [0.05, 0.1) is 6.20 Å². The van der Waals surface area contributed by atoms with Crippen LogP contribution in [0.2, 0.25) is 0 Å². The van der Waals surface area contributed by atoms with Crippen molar-refractivity contribution in [2.24, 2.45) is 5.73 Å². The molecule has 0 unspecified atom stereocenters. The number of ether oxygens (including phenoxy) is 1. The molecule has 1 saturated carbocycles. The zero-order valence-corrected chi connectivity index (χ0v) is 7.73. The summed E-state index contributed by atoms with van der Waals surface area (Å²) >= 11 is 0. The topological polar surface area (TPSA) is 48.1 Å². The first kappa shape index (κ1) is 8.51. The lowest BCUT2D eigenvalue weighted by molar-refractivity contribution is 0.100. The van der Waals surface area contributed by atoms with Crippen LogP contribution in [0.5, 0.6) is 5.75 Å². The maximum atomic E-state index is 5.65. The van der Waals surface area contributed by atoms with E-state index in [9.17, 15) is 0 Å². The summed E-state index contributed by atoms with van der Waals surface area (Å²) in [6.07, 6.45) is 4.00. The van der Waals surface area contributed by atoms with Gasteiger partial charge in [0.25, 0.3) is 0 Å². The molecule has 0 aliphatic heterocycles. The summed E-state index contributed by atoms with van der Waals surface area (Å²) in [5, 5.41) is 0. The van der Waals surface area contributed by atoms with Crippen LogP contribution in [0.3, 0.4) is 0 Å². The molecular formula is C10H14N2O. The molecule has 0 bridgehead atoms. The highest BCUT2D eigenvalue weighted by Gasteiger charge is 2.27. The smallest absolute Gasteiger partial charge is 0.138 e. The molecule has 0 saturated heterocycles. The van der Waals surface area contributed by atoms with Crippen molar-refractivity contribution in [3.05, 3.63) is 24.0 Å². The monoisotopic (exact) mass is 178 g/mol. The molecule has 0 amide bonds. The summed E-state index contributed by atoms with van der Waals surface area (Å²) < 4.78 is 5.63. The minimum Gasteiger partial charge on any atom is -0.489 e. The van der Waals surface area contributed by atoms with E-state index in [4.69, 9.17) is 10.5 Å². The van der Waals surface area contributed by atoms with Crippen molar-refractivity contribution in [2.75, 3.05) is 0 Å². The highest BCUT2D eigenvalue weighted by molar-refractivity contribution is 5.19. The first-order chi connectivity index (χ1) is 6.24. The van der Waals surface area contributed by atoms with Gasteiger partial charge in [-0.1, -0.05) is 0 Å². The predicted octanol–water partition coefficient (Wildman–Crippen LogP) is 1.26. The molecule has 0 spiro atoms. The van der Waals surface area contributed by atoms with Gasteiger partial charge in [-0.25, -0.2) is 0 Å². The van der Waals surface area contributed by atoms with Crippen LogP contribution in [0.4, 0.5) is 0 Å². The molecule has 13 heavy (non-hydrogen) atoms. The fourth-order valence-electron chi connectivity index (χ4n) is 1.42. The Morgan fingerprint density at radius 1 is 1.46 bits per heavy atom. The van der Waals surface area contributed by atoms with E-state index < -0.39 is 0 Å². The minimum atomic E-state index is 0.305. The van der Waals surface area contributed by atoms with Crippen LogP contribution in [0, 0.1) is 6.92 Å². The third-order valence-electron chi connectivity index (χ3n) is 2.32. The molecule has 1 heterocycles. The Morgan fingerprint density at radius 2 is 2.23 bits per heavy atom. The van der Waals surface area contributed by atoms with E-state index in [0.29, 0.717) is 12.1 Å². The van der Waals surface area contributed by atoms with Crippen molar-refractivity contribution in [1.82, 2.24) is 4.98 Å². The Hall–Kier alpha value is -1.09. The Kier molecular flexibility index (Phi) is 2.19. The van der Waals surface area contributed by atoms with Crippen LogP contribution in [0.1, 0.15) is 18.5 Å². The molecule has 3 nitrogen and oxygen atoms in total. The molecule has 70 valence electrons. The highest BCUT2D eigenvalue weighted by atomic mass is 16.5. The number of rotatable bonds is 2. The van der Waals surface area contributed by atoms with Crippen molar-refractivity contribution in [3.63, 3.8) is 0 Å². The zero-order valence-electron chi connectivity index (χ0n) is 7.73. The average Bonchev–Trinajstić information content (AvgIpc) is 2.06. The maximum absolute atomic E-state index is 5.65. The lowest BCUT2D eigenvalue weighted by atomic mass is 9.90. The Balaban J connectivity index is 1.91. The van der Waals surface area contributed by atoms with E-state index in [-0.39, 0.29) is 0 Å². The minimum absolute atomic E-state index is 0.305. The molecule has 0 radical (unpaired) electrons. The Labute approximate surface area is 77.9 Å². The van der Waals surface area contributed by atoms with Crippen LogP contribution in [0.25, 0.3) is 0 Å². The van der Waals surface area contributed by atoms with E-state index in [1.54, 1.807) is 6.20 Å². The number of nitrogens with zero attached hydrogens (tertiary/aromatic N) is 1. The summed E-state index contributed by atoms with van der Waals surface area (Å²) in [6, 6.07) is 4.24.